The summed E-state index contributed by atoms with van der Waals surface area (Å²) in [5, 5.41) is 8.05. The first-order valence-electron chi connectivity index (χ1n) is 11.2. The minimum atomic E-state index is 0.261. The molecule has 0 aliphatic carbocycles. The van der Waals surface area contributed by atoms with Crippen LogP contribution in [0, 0.1) is 0 Å². The number of aromatic nitrogens is 1. The number of aromatic amines is 1. The van der Waals surface area contributed by atoms with E-state index in [1.807, 2.05) is 4.90 Å². The van der Waals surface area contributed by atoms with Crippen molar-refractivity contribution >= 4 is 22.8 Å². The average Bonchev–Trinajstić information content (AvgIpc) is 3.38. The largest absolute Gasteiger partial charge is 0.361 e. The predicted molar refractivity (Wildman–Crippen MR) is 126 cm³/mol. The fourth-order valence-corrected chi connectivity index (χ4v) is 4.08. The van der Waals surface area contributed by atoms with Gasteiger partial charge in [-0.1, -0.05) is 42.5 Å². The lowest BCUT2D eigenvalue weighted by Gasteiger charge is -2.16. The lowest BCUT2D eigenvalue weighted by molar-refractivity contribution is -0.128. The fourth-order valence-electron chi connectivity index (χ4n) is 4.08. The van der Waals surface area contributed by atoms with Crippen molar-refractivity contribution in [2.45, 2.75) is 39.3 Å². The molecular weight excluding hydrogens is 386 g/mol. The Labute approximate surface area is 183 Å². The van der Waals surface area contributed by atoms with Gasteiger partial charge in [0.05, 0.1) is 6.54 Å². The Morgan fingerprint density at radius 2 is 2.00 bits per heavy atom. The zero-order valence-electron chi connectivity index (χ0n) is 18.2. The molecular formula is C25H31N5O. The summed E-state index contributed by atoms with van der Waals surface area (Å²) in [5.41, 5.74) is 4.80. The normalized spacial score (nSPS) is 14.4. The number of H-pyrrole nitrogens is 1. The van der Waals surface area contributed by atoms with Gasteiger partial charge >= 0.3 is 0 Å². The number of aliphatic imine (C=N–C) groups is 1. The van der Waals surface area contributed by atoms with Crippen LogP contribution in [0.5, 0.6) is 0 Å². The number of nitrogens with one attached hydrogen (secondary N) is 3. The number of carbonyl (C=O) groups excluding carboxylic acids is 1. The van der Waals surface area contributed by atoms with Gasteiger partial charge in [-0.15, -0.1) is 0 Å². The molecule has 1 fully saturated rings. The Balaban J connectivity index is 1.34. The molecule has 3 aromatic rings. The number of likely N-dealkylation sites (tertiary alicyclic amines) is 1. The Bertz CT molecular complexity index is 1050. The third kappa shape index (κ3) is 5.45. The Kier molecular flexibility index (Phi) is 6.87. The molecule has 1 aliphatic rings. The standard InChI is InChI=1S/C25H31N5O/c1-2-26-25(27-13-12-21-17-28-23-10-4-3-9-22(21)23)29-16-19-7-5-8-20(15-19)18-30-14-6-11-24(30)31/h3-5,7-10,15,17,28H,2,6,11-14,16,18H2,1H3,(H2,26,27,29). The number of carbonyl (C=O) groups is 1. The van der Waals surface area contributed by atoms with E-state index in [4.69, 9.17) is 4.99 Å². The van der Waals surface area contributed by atoms with Gasteiger partial charge in [0.1, 0.15) is 0 Å². The van der Waals surface area contributed by atoms with Crippen LogP contribution in [-0.4, -0.2) is 41.4 Å². The van der Waals surface area contributed by atoms with Gasteiger partial charge < -0.3 is 20.5 Å². The second-order valence-electron chi connectivity index (χ2n) is 7.97. The van der Waals surface area contributed by atoms with Crippen molar-refractivity contribution in [2.75, 3.05) is 19.6 Å². The zero-order chi connectivity index (χ0) is 21.5. The van der Waals surface area contributed by atoms with E-state index in [0.717, 1.165) is 44.0 Å². The molecule has 2 heterocycles. The summed E-state index contributed by atoms with van der Waals surface area (Å²) in [7, 11) is 0. The monoisotopic (exact) mass is 417 g/mol. The molecule has 1 aromatic heterocycles. The summed E-state index contributed by atoms with van der Waals surface area (Å²) in [5.74, 6) is 1.08. The molecule has 1 aliphatic heterocycles. The van der Waals surface area contributed by atoms with Crippen molar-refractivity contribution in [1.82, 2.24) is 20.5 Å². The van der Waals surface area contributed by atoms with Gasteiger partial charge in [-0.2, -0.15) is 0 Å². The van der Waals surface area contributed by atoms with Crippen LogP contribution in [0.25, 0.3) is 10.9 Å². The molecule has 0 bridgehead atoms. The smallest absolute Gasteiger partial charge is 0.222 e. The van der Waals surface area contributed by atoms with Crippen LogP contribution in [0.4, 0.5) is 0 Å². The first-order valence-corrected chi connectivity index (χ1v) is 11.2. The van der Waals surface area contributed by atoms with E-state index in [1.54, 1.807) is 0 Å². The number of benzene rings is 2. The minimum Gasteiger partial charge on any atom is -0.361 e. The molecule has 6 nitrogen and oxygen atoms in total. The SMILES string of the molecule is CCNC(=NCc1cccc(CN2CCCC2=O)c1)NCCc1c[nH]c2ccccc12. The Morgan fingerprint density at radius 3 is 2.84 bits per heavy atom. The maximum Gasteiger partial charge on any atom is 0.222 e. The highest BCUT2D eigenvalue weighted by Crippen LogP contribution is 2.18. The second-order valence-corrected chi connectivity index (χ2v) is 7.97. The lowest BCUT2D eigenvalue weighted by atomic mass is 10.1. The second kappa shape index (κ2) is 10.2. The van der Waals surface area contributed by atoms with E-state index in [1.165, 1.54) is 22.0 Å². The number of guanidine groups is 1. The lowest BCUT2D eigenvalue weighted by Crippen LogP contribution is -2.38. The van der Waals surface area contributed by atoms with Gasteiger partial charge in [0.15, 0.2) is 5.96 Å². The van der Waals surface area contributed by atoms with Crippen LogP contribution in [0.3, 0.4) is 0 Å². The van der Waals surface area contributed by atoms with Crippen molar-refractivity contribution < 1.29 is 4.79 Å². The molecule has 2 aromatic carbocycles. The first-order chi connectivity index (χ1) is 15.2. The van der Waals surface area contributed by atoms with E-state index in [2.05, 4.69) is 77.3 Å². The number of fused-ring (bicyclic) bond motifs is 1. The molecule has 0 atom stereocenters. The van der Waals surface area contributed by atoms with Crippen LogP contribution in [-0.2, 0) is 24.3 Å². The summed E-state index contributed by atoms with van der Waals surface area (Å²) in [6, 6.07) is 16.8. The molecule has 0 saturated carbocycles. The quantitative estimate of drug-likeness (QED) is 0.387. The molecule has 0 spiro atoms. The van der Waals surface area contributed by atoms with E-state index in [9.17, 15) is 4.79 Å². The summed E-state index contributed by atoms with van der Waals surface area (Å²) < 4.78 is 0. The van der Waals surface area contributed by atoms with Gasteiger partial charge in [-0.05, 0) is 42.5 Å². The van der Waals surface area contributed by atoms with Crippen LogP contribution in [0.15, 0.2) is 59.7 Å². The summed E-state index contributed by atoms with van der Waals surface area (Å²) in [6.45, 7) is 5.86. The Morgan fingerprint density at radius 1 is 1.13 bits per heavy atom. The van der Waals surface area contributed by atoms with Gasteiger partial charge in [0.2, 0.25) is 5.91 Å². The van der Waals surface area contributed by atoms with Gasteiger partial charge in [-0.3, -0.25) is 4.79 Å². The summed E-state index contributed by atoms with van der Waals surface area (Å²) >= 11 is 0. The summed E-state index contributed by atoms with van der Waals surface area (Å²) in [6.07, 6.45) is 4.67. The fraction of sp³-hybridized carbons (Fsp3) is 0.360. The molecule has 0 unspecified atom stereocenters. The van der Waals surface area contributed by atoms with E-state index < -0.39 is 0 Å². The Hall–Kier alpha value is -3.28. The number of hydrogen-bond donors (Lipinski definition) is 3. The number of amides is 1. The van der Waals surface area contributed by atoms with Crippen molar-refractivity contribution in [2.24, 2.45) is 4.99 Å². The topological polar surface area (TPSA) is 72.5 Å². The zero-order valence-corrected chi connectivity index (χ0v) is 18.2. The molecule has 162 valence electrons. The van der Waals surface area contributed by atoms with Crippen LogP contribution in [0.1, 0.15) is 36.5 Å². The van der Waals surface area contributed by atoms with Crippen molar-refractivity contribution in [3.8, 4) is 0 Å². The predicted octanol–water partition coefficient (Wildman–Crippen LogP) is 3.59. The molecule has 6 heteroatoms. The third-order valence-corrected chi connectivity index (χ3v) is 5.66. The number of nitrogens with zero attached hydrogens (tertiary/aromatic N) is 2. The highest BCUT2D eigenvalue weighted by molar-refractivity contribution is 5.83. The first kappa shape index (κ1) is 21.0. The number of rotatable bonds is 8. The molecule has 31 heavy (non-hydrogen) atoms. The number of para-hydroxylation sites is 1. The molecule has 4 rings (SSSR count). The highest BCUT2D eigenvalue weighted by Gasteiger charge is 2.19. The van der Waals surface area contributed by atoms with Gasteiger partial charge in [0.25, 0.3) is 0 Å². The van der Waals surface area contributed by atoms with E-state index in [-0.39, 0.29) is 5.91 Å². The van der Waals surface area contributed by atoms with E-state index in [0.29, 0.717) is 19.5 Å². The number of hydrogen-bond acceptors (Lipinski definition) is 2. The van der Waals surface area contributed by atoms with Crippen LogP contribution >= 0.6 is 0 Å². The third-order valence-electron chi connectivity index (χ3n) is 5.66. The molecule has 3 N–H and O–H groups in total. The van der Waals surface area contributed by atoms with Gasteiger partial charge in [-0.25, -0.2) is 4.99 Å². The summed E-state index contributed by atoms with van der Waals surface area (Å²) in [4.78, 5) is 21.9. The maximum absolute atomic E-state index is 11.9. The highest BCUT2D eigenvalue weighted by atomic mass is 16.2. The van der Waals surface area contributed by atoms with E-state index >= 15 is 0 Å². The van der Waals surface area contributed by atoms with Crippen molar-refractivity contribution in [1.29, 1.82) is 0 Å². The average molecular weight is 418 g/mol. The van der Waals surface area contributed by atoms with Crippen molar-refractivity contribution in [3.63, 3.8) is 0 Å². The van der Waals surface area contributed by atoms with Crippen LogP contribution in [0.2, 0.25) is 0 Å². The van der Waals surface area contributed by atoms with Gasteiger partial charge in [0, 0.05) is 49.7 Å². The molecule has 1 saturated heterocycles. The van der Waals surface area contributed by atoms with Crippen LogP contribution < -0.4 is 10.6 Å². The molecule has 0 radical (unpaired) electrons. The maximum atomic E-state index is 11.9. The molecule has 1 amide bonds. The minimum absolute atomic E-state index is 0.261. The van der Waals surface area contributed by atoms with Crippen molar-refractivity contribution in [3.05, 3.63) is 71.4 Å².